The zero-order valence-electron chi connectivity index (χ0n) is 11.5. The van der Waals surface area contributed by atoms with Gasteiger partial charge in [-0.25, -0.2) is 0 Å². The highest BCUT2D eigenvalue weighted by molar-refractivity contribution is 5.83. The number of amides is 1. The molecule has 0 aliphatic carbocycles. The first kappa shape index (κ1) is 12.2. The lowest BCUT2D eigenvalue weighted by molar-refractivity contribution is -0.132. The van der Waals surface area contributed by atoms with Gasteiger partial charge in [-0.15, -0.1) is 0 Å². The summed E-state index contributed by atoms with van der Waals surface area (Å²) in [5.74, 6) is 1.04. The second kappa shape index (κ2) is 4.77. The molecule has 2 aromatic heterocycles. The van der Waals surface area contributed by atoms with E-state index in [1.165, 1.54) is 0 Å². The molecule has 3 aromatic rings. The lowest BCUT2D eigenvalue weighted by atomic mass is 10.1. The minimum Gasteiger partial charge on any atom is -0.361 e. The summed E-state index contributed by atoms with van der Waals surface area (Å²) in [6, 6.07) is 10.1. The zero-order chi connectivity index (χ0) is 14.2. The second-order valence-electron chi connectivity index (χ2n) is 5.34. The Balaban J connectivity index is 1.54. The minimum atomic E-state index is 0.128. The monoisotopic (exact) mass is 281 g/mol. The van der Waals surface area contributed by atoms with Crippen LogP contribution in [0.3, 0.4) is 0 Å². The number of fused-ring (bicyclic) bond motifs is 2. The Labute approximate surface area is 121 Å². The molecule has 1 aromatic carbocycles. The highest BCUT2D eigenvalue weighted by Crippen LogP contribution is 2.19. The number of para-hydroxylation sites is 1. The minimum absolute atomic E-state index is 0.128. The Morgan fingerprint density at radius 3 is 3.14 bits per heavy atom. The van der Waals surface area contributed by atoms with Crippen molar-refractivity contribution in [3.05, 3.63) is 54.0 Å². The van der Waals surface area contributed by atoms with Crippen LogP contribution in [0.2, 0.25) is 0 Å². The van der Waals surface area contributed by atoms with Gasteiger partial charge >= 0.3 is 0 Å². The van der Waals surface area contributed by atoms with Crippen LogP contribution in [-0.2, 0) is 24.3 Å². The molecule has 21 heavy (non-hydrogen) atoms. The molecule has 0 fully saturated rings. The number of hydrogen-bond acceptors (Lipinski definition) is 3. The Morgan fingerprint density at radius 2 is 2.19 bits per heavy atom. The van der Waals surface area contributed by atoms with Gasteiger partial charge in [-0.2, -0.15) is 0 Å². The van der Waals surface area contributed by atoms with E-state index in [9.17, 15) is 4.79 Å². The van der Waals surface area contributed by atoms with Gasteiger partial charge < -0.3 is 14.0 Å². The summed E-state index contributed by atoms with van der Waals surface area (Å²) in [6.45, 7) is 1.66. The fourth-order valence-corrected chi connectivity index (χ4v) is 2.88. The van der Waals surface area contributed by atoms with E-state index in [1.807, 2.05) is 39.9 Å². The van der Waals surface area contributed by atoms with Crippen LogP contribution in [-0.4, -0.2) is 27.1 Å². The number of carbonyl (C=O) groups excluding carboxylic acids is 1. The van der Waals surface area contributed by atoms with Gasteiger partial charge in [0.25, 0.3) is 0 Å². The van der Waals surface area contributed by atoms with E-state index in [4.69, 9.17) is 4.52 Å². The summed E-state index contributed by atoms with van der Waals surface area (Å²) in [6.07, 6.45) is 4.42. The number of aromatic nitrogens is 2. The van der Waals surface area contributed by atoms with Gasteiger partial charge in [-0.05, 0) is 17.5 Å². The average molecular weight is 281 g/mol. The number of hydrogen-bond donors (Lipinski definition) is 0. The Hall–Kier alpha value is -2.56. The molecule has 0 saturated heterocycles. The molecular formula is C16H15N3O2. The molecule has 106 valence electrons. The molecule has 4 rings (SSSR count). The standard InChI is InChI=1S/C16H15N3O2/c20-16(19-8-6-15-13(10-19)9-17-21-15)11-18-7-5-12-3-1-2-4-14(12)18/h1-5,7,9H,6,8,10-11H2. The van der Waals surface area contributed by atoms with Crippen LogP contribution in [0.4, 0.5) is 0 Å². The maximum absolute atomic E-state index is 12.5. The first-order chi connectivity index (χ1) is 10.3. The van der Waals surface area contributed by atoms with E-state index < -0.39 is 0 Å². The van der Waals surface area contributed by atoms with Crippen molar-refractivity contribution < 1.29 is 9.32 Å². The van der Waals surface area contributed by atoms with E-state index in [0.29, 0.717) is 19.6 Å². The van der Waals surface area contributed by atoms with Crippen molar-refractivity contribution in [1.82, 2.24) is 14.6 Å². The third-order valence-corrected chi connectivity index (χ3v) is 4.04. The van der Waals surface area contributed by atoms with E-state index in [2.05, 4.69) is 11.2 Å². The summed E-state index contributed by atoms with van der Waals surface area (Å²) < 4.78 is 7.16. The number of rotatable bonds is 2. The van der Waals surface area contributed by atoms with Crippen LogP contribution in [0.5, 0.6) is 0 Å². The third-order valence-electron chi connectivity index (χ3n) is 4.04. The quantitative estimate of drug-likeness (QED) is 0.723. The maximum Gasteiger partial charge on any atom is 0.242 e. The molecule has 0 radical (unpaired) electrons. The number of benzene rings is 1. The summed E-state index contributed by atoms with van der Waals surface area (Å²) in [4.78, 5) is 14.4. The Kier molecular flexibility index (Phi) is 2.77. The molecule has 5 nitrogen and oxygen atoms in total. The molecule has 1 aliphatic rings. The van der Waals surface area contributed by atoms with Gasteiger partial charge in [0, 0.05) is 30.2 Å². The summed E-state index contributed by atoms with van der Waals surface area (Å²) >= 11 is 0. The molecule has 0 spiro atoms. The Bertz CT molecular complexity index is 803. The van der Waals surface area contributed by atoms with Crippen LogP contribution >= 0.6 is 0 Å². The summed E-state index contributed by atoms with van der Waals surface area (Å²) in [5, 5.41) is 4.95. The van der Waals surface area contributed by atoms with Gasteiger partial charge in [-0.1, -0.05) is 23.4 Å². The fraction of sp³-hybridized carbons (Fsp3) is 0.250. The van der Waals surface area contributed by atoms with Crippen LogP contribution in [0.1, 0.15) is 11.3 Å². The normalized spacial score (nSPS) is 14.4. The third kappa shape index (κ3) is 2.11. The first-order valence-electron chi connectivity index (χ1n) is 7.05. The van der Waals surface area contributed by atoms with Crippen LogP contribution in [0, 0.1) is 0 Å². The van der Waals surface area contributed by atoms with Crippen molar-refractivity contribution in [2.24, 2.45) is 0 Å². The van der Waals surface area contributed by atoms with Crippen molar-refractivity contribution in [3.63, 3.8) is 0 Å². The van der Waals surface area contributed by atoms with Crippen molar-refractivity contribution in [3.8, 4) is 0 Å². The van der Waals surface area contributed by atoms with Crippen molar-refractivity contribution in [2.45, 2.75) is 19.5 Å². The van der Waals surface area contributed by atoms with Gasteiger partial charge in [0.1, 0.15) is 12.3 Å². The smallest absolute Gasteiger partial charge is 0.242 e. The molecule has 0 saturated carbocycles. The molecule has 3 heterocycles. The number of carbonyl (C=O) groups is 1. The molecule has 5 heteroatoms. The van der Waals surface area contributed by atoms with Crippen molar-refractivity contribution in [2.75, 3.05) is 6.54 Å². The van der Waals surface area contributed by atoms with E-state index in [-0.39, 0.29) is 5.91 Å². The average Bonchev–Trinajstić information content (AvgIpc) is 3.13. The van der Waals surface area contributed by atoms with Crippen LogP contribution in [0.15, 0.2) is 47.2 Å². The molecule has 0 bridgehead atoms. The fourth-order valence-electron chi connectivity index (χ4n) is 2.88. The second-order valence-corrected chi connectivity index (χ2v) is 5.34. The van der Waals surface area contributed by atoms with Gasteiger partial charge in [0.05, 0.1) is 12.7 Å². The molecule has 0 N–H and O–H groups in total. The van der Waals surface area contributed by atoms with Gasteiger partial charge in [-0.3, -0.25) is 4.79 Å². The first-order valence-corrected chi connectivity index (χ1v) is 7.05. The zero-order valence-corrected chi connectivity index (χ0v) is 11.5. The maximum atomic E-state index is 12.5. The van der Waals surface area contributed by atoms with Crippen molar-refractivity contribution in [1.29, 1.82) is 0 Å². The SMILES string of the molecule is O=C(Cn1ccc2ccccc21)N1CCc2oncc2C1. The van der Waals surface area contributed by atoms with E-state index >= 15 is 0 Å². The number of nitrogens with zero attached hydrogens (tertiary/aromatic N) is 3. The van der Waals surface area contributed by atoms with Crippen LogP contribution < -0.4 is 0 Å². The predicted octanol–water partition coefficient (Wildman–Crippen LogP) is 2.21. The predicted molar refractivity (Wildman–Crippen MR) is 77.6 cm³/mol. The summed E-state index contributed by atoms with van der Waals surface area (Å²) in [7, 11) is 0. The molecule has 0 atom stereocenters. The van der Waals surface area contributed by atoms with Gasteiger partial charge in [0.2, 0.25) is 5.91 Å². The van der Waals surface area contributed by atoms with Crippen molar-refractivity contribution >= 4 is 16.8 Å². The molecular weight excluding hydrogens is 266 g/mol. The summed E-state index contributed by atoms with van der Waals surface area (Å²) in [5.41, 5.74) is 2.11. The van der Waals surface area contributed by atoms with E-state index in [0.717, 1.165) is 28.6 Å². The highest BCUT2D eigenvalue weighted by atomic mass is 16.5. The lowest BCUT2D eigenvalue weighted by Gasteiger charge is -2.26. The van der Waals surface area contributed by atoms with Crippen LogP contribution in [0.25, 0.3) is 10.9 Å². The van der Waals surface area contributed by atoms with E-state index in [1.54, 1.807) is 6.20 Å². The Morgan fingerprint density at radius 1 is 1.29 bits per heavy atom. The van der Waals surface area contributed by atoms with Gasteiger partial charge in [0.15, 0.2) is 0 Å². The largest absolute Gasteiger partial charge is 0.361 e. The molecule has 0 unspecified atom stereocenters. The topological polar surface area (TPSA) is 51.3 Å². The highest BCUT2D eigenvalue weighted by Gasteiger charge is 2.23. The molecule has 1 aliphatic heterocycles. The molecule has 1 amide bonds. The lowest BCUT2D eigenvalue weighted by Crippen LogP contribution is -2.37.